The van der Waals surface area contributed by atoms with E-state index in [0.29, 0.717) is 6.07 Å². The van der Waals surface area contributed by atoms with Gasteiger partial charge in [0.1, 0.15) is 5.69 Å². The molecule has 0 bridgehead atoms. The van der Waals surface area contributed by atoms with Crippen molar-refractivity contribution >= 4 is 11.7 Å². The molecule has 0 aliphatic heterocycles. The molecule has 2 N–H and O–H groups in total. The molecule has 0 saturated heterocycles. The molecule has 0 unspecified atom stereocenters. The zero-order valence-electron chi connectivity index (χ0n) is 8.34. The average molecular weight is 234 g/mol. The SMILES string of the molecule is CCOC(=O)c1cc(C(F)(F)F)c(N)cn1. The molecule has 1 rings (SSSR count). The van der Waals surface area contributed by atoms with Gasteiger partial charge in [0.15, 0.2) is 0 Å². The minimum Gasteiger partial charge on any atom is -0.461 e. The van der Waals surface area contributed by atoms with Crippen LogP contribution in [-0.2, 0) is 10.9 Å². The molecule has 0 radical (unpaired) electrons. The van der Waals surface area contributed by atoms with Gasteiger partial charge in [-0.3, -0.25) is 0 Å². The summed E-state index contributed by atoms with van der Waals surface area (Å²) in [5.74, 6) is -0.909. The molecule has 0 saturated carbocycles. The van der Waals surface area contributed by atoms with Gasteiger partial charge in [0, 0.05) is 0 Å². The van der Waals surface area contributed by atoms with Crippen molar-refractivity contribution in [2.24, 2.45) is 0 Å². The lowest BCUT2D eigenvalue weighted by Crippen LogP contribution is -2.14. The molecule has 0 amide bonds. The van der Waals surface area contributed by atoms with Gasteiger partial charge in [-0.2, -0.15) is 13.2 Å². The smallest absolute Gasteiger partial charge is 0.418 e. The number of pyridine rings is 1. The Bertz CT molecular complexity index is 404. The van der Waals surface area contributed by atoms with Crippen LogP contribution in [0.25, 0.3) is 0 Å². The van der Waals surface area contributed by atoms with E-state index in [2.05, 4.69) is 9.72 Å². The van der Waals surface area contributed by atoms with E-state index in [1.807, 2.05) is 0 Å². The van der Waals surface area contributed by atoms with Crippen molar-refractivity contribution in [3.8, 4) is 0 Å². The lowest BCUT2D eigenvalue weighted by molar-refractivity contribution is -0.137. The first-order valence-electron chi connectivity index (χ1n) is 4.36. The first kappa shape index (κ1) is 12.3. The highest BCUT2D eigenvalue weighted by Gasteiger charge is 2.34. The van der Waals surface area contributed by atoms with Gasteiger partial charge < -0.3 is 10.5 Å². The van der Waals surface area contributed by atoms with Gasteiger partial charge in [0.25, 0.3) is 0 Å². The molecule has 88 valence electrons. The molecular formula is C9H9F3N2O2. The number of nitrogens with two attached hydrogens (primary N) is 1. The summed E-state index contributed by atoms with van der Waals surface area (Å²) in [6, 6.07) is 0.577. The van der Waals surface area contributed by atoms with Crippen LogP contribution in [0.4, 0.5) is 18.9 Å². The number of halogens is 3. The Kier molecular flexibility index (Phi) is 3.36. The number of esters is 1. The van der Waals surface area contributed by atoms with Crippen LogP contribution in [0.15, 0.2) is 12.3 Å². The van der Waals surface area contributed by atoms with Gasteiger partial charge in [0.05, 0.1) is 24.1 Å². The largest absolute Gasteiger partial charge is 0.461 e. The first-order chi connectivity index (χ1) is 7.36. The Balaban J connectivity index is 3.13. The number of alkyl halides is 3. The molecule has 0 aliphatic carbocycles. The van der Waals surface area contributed by atoms with Crippen molar-refractivity contribution in [3.05, 3.63) is 23.5 Å². The number of anilines is 1. The Morgan fingerprint density at radius 2 is 2.19 bits per heavy atom. The van der Waals surface area contributed by atoms with Gasteiger partial charge in [0.2, 0.25) is 0 Å². The average Bonchev–Trinajstić information content (AvgIpc) is 2.16. The molecule has 1 aromatic heterocycles. The molecule has 4 nitrogen and oxygen atoms in total. The second-order valence-electron chi connectivity index (χ2n) is 2.88. The maximum atomic E-state index is 12.4. The first-order valence-corrected chi connectivity index (χ1v) is 4.36. The summed E-state index contributed by atoms with van der Waals surface area (Å²) in [6.07, 6.45) is -3.83. The second kappa shape index (κ2) is 4.38. The highest BCUT2D eigenvalue weighted by molar-refractivity contribution is 5.87. The molecule has 0 spiro atoms. The van der Waals surface area contributed by atoms with E-state index in [-0.39, 0.29) is 6.61 Å². The summed E-state index contributed by atoms with van der Waals surface area (Å²) < 4.78 is 41.8. The molecule has 0 fully saturated rings. The second-order valence-corrected chi connectivity index (χ2v) is 2.88. The number of nitrogen functional groups attached to an aromatic ring is 1. The van der Waals surface area contributed by atoms with E-state index in [4.69, 9.17) is 5.73 Å². The Morgan fingerprint density at radius 3 is 2.69 bits per heavy atom. The molecule has 0 aliphatic rings. The summed E-state index contributed by atoms with van der Waals surface area (Å²) in [4.78, 5) is 14.6. The molecule has 0 aromatic carbocycles. The molecular weight excluding hydrogens is 225 g/mol. The number of nitrogens with zero attached hydrogens (tertiary/aromatic N) is 1. The summed E-state index contributed by atoms with van der Waals surface area (Å²) in [5, 5.41) is 0. The summed E-state index contributed by atoms with van der Waals surface area (Å²) in [5.41, 5.74) is 3.08. The predicted octanol–water partition coefficient (Wildman–Crippen LogP) is 1.86. The van der Waals surface area contributed by atoms with Crippen molar-refractivity contribution in [1.29, 1.82) is 0 Å². The van der Waals surface area contributed by atoms with Crippen LogP contribution in [0.5, 0.6) is 0 Å². The zero-order valence-corrected chi connectivity index (χ0v) is 8.34. The number of carbonyl (C=O) groups excluding carboxylic acids is 1. The monoisotopic (exact) mass is 234 g/mol. The standard InChI is InChI=1S/C9H9F3N2O2/c1-2-16-8(15)7-3-5(9(10,11)12)6(13)4-14-7/h3-4H,2,13H2,1H3. The Hall–Kier alpha value is -1.79. The van der Waals surface area contributed by atoms with E-state index >= 15 is 0 Å². The van der Waals surface area contributed by atoms with Crippen molar-refractivity contribution in [1.82, 2.24) is 4.98 Å². The van der Waals surface area contributed by atoms with Crippen LogP contribution in [0, 0.1) is 0 Å². The van der Waals surface area contributed by atoms with Gasteiger partial charge in [-0.15, -0.1) is 0 Å². The number of hydrogen-bond acceptors (Lipinski definition) is 4. The van der Waals surface area contributed by atoms with Crippen molar-refractivity contribution in [3.63, 3.8) is 0 Å². The fourth-order valence-corrected chi connectivity index (χ4v) is 1.03. The van der Waals surface area contributed by atoms with Crippen LogP contribution in [0.2, 0.25) is 0 Å². The van der Waals surface area contributed by atoms with Crippen LogP contribution in [0.1, 0.15) is 23.0 Å². The van der Waals surface area contributed by atoms with E-state index in [0.717, 1.165) is 6.20 Å². The lowest BCUT2D eigenvalue weighted by atomic mass is 10.2. The Morgan fingerprint density at radius 1 is 1.56 bits per heavy atom. The van der Waals surface area contributed by atoms with Crippen molar-refractivity contribution in [2.45, 2.75) is 13.1 Å². The maximum Gasteiger partial charge on any atom is 0.418 e. The quantitative estimate of drug-likeness (QED) is 0.793. The normalized spacial score (nSPS) is 11.2. The zero-order chi connectivity index (χ0) is 12.3. The third kappa shape index (κ3) is 2.62. The minimum atomic E-state index is -4.62. The van der Waals surface area contributed by atoms with Gasteiger partial charge in [-0.25, -0.2) is 9.78 Å². The highest BCUT2D eigenvalue weighted by Crippen LogP contribution is 2.33. The molecule has 1 aromatic rings. The Labute approximate surface area is 89.2 Å². The summed E-state index contributed by atoms with van der Waals surface area (Å²) >= 11 is 0. The summed E-state index contributed by atoms with van der Waals surface area (Å²) in [6.45, 7) is 1.60. The number of aromatic nitrogens is 1. The highest BCUT2D eigenvalue weighted by atomic mass is 19.4. The minimum absolute atomic E-state index is 0.0617. The van der Waals surface area contributed by atoms with Crippen molar-refractivity contribution < 1.29 is 22.7 Å². The van der Waals surface area contributed by atoms with E-state index in [1.165, 1.54) is 0 Å². The molecule has 7 heteroatoms. The molecule has 16 heavy (non-hydrogen) atoms. The van der Waals surface area contributed by atoms with Gasteiger partial charge >= 0.3 is 12.1 Å². The number of ether oxygens (including phenoxy) is 1. The van der Waals surface area contributed by atoms with E-state index < -0.39 is 29.1 Å². The number of carbonyl (C=O) groups is 1. The van der Waals surface area contributed by atoms with Crippen LogP contribution < -0.4 is 5.73 Å². The maximum absolute atomic E-state index is 12.4. The molecule has 1 heterocycles. The number of hydrogen-bond donors (Lipinski definition) is 1. The predicted molar refractivity (Wildman–Crippen MR) is 49.6 cm³/mol. The third-order valence-electron chi connectivity index (χ3n) is 1.72. The number of rotatable bonds is 2. The third-order valence-corrected chi connectivity index (χ3v) is 1.72. The van der Waals surface area contributed by atoms with Crippen LogP contribution >= 0.6 is 0 Å². The van der Waals surface area contributed by atoms with Gasteiger partial charge in [-0.05, 0) is 13.0 Å². The fourth-order valence-electron chi connectivity index (χ4n) is 1.03. The van der Waals surface area contributed by atoms with E-state index in [9.17, 15) is 18.0 Å². The fraction of sp³-hybridized carbons (Fsp3) is 0.333. The lowest BCUT2D eigenvalue weighted by Gasteiger charge is -2.10. The topological polar surface area (TPSA) is 65.2 Å². The van der Waals surface area contributed by atoms with Crippen molar-refractivity contribution in [2.75, 3.05) is 12.3 Å². The van der Waals surface area contributed by atoms with Crippen LogP contribution in [0.3, 0.4) is 0 Å². The molecule has 0 atom stereocenters. The van der Waals surface area contributed by atoms with E-state index in [1.54, 1.807) is 6.92 Å². The van der Waals surface area contributed by atoms with Gasteiger partial charge in [-0.1, -0.05) is 0 Å². The summed E-state index contributed by atoms with van der Waals surface area (Å²) in [7, 11) is 0. The van der Waals surface area contributed by atoms with Crippen LogP contribution in [-0.4, -0.2) is 17.6 Å².